The first-order valence-corrected chi connectivity index (χ1v) is 7.63. The van der Waals surface area contributed by atoms with Gasteiger partial charge in [-0.3, -0.25) is 0 Å². The minimum atomic E-state index is 0.634. The maximum Gasteiger partial charge on any atom is 0.203 e. The van der Waals surface area contributed by atoms with Gasteiger partial charge in [0, 0.05) is 29.5 Å². The molecule has 0 amide bonds. The minimum Gasteiger partial charge on any atom is -0.352 e. The Kier molecular flexibility index (Phi) is 3.87. The summed E-state index contributed by atoms with van der Waals surface area (Å²) in [6, 6.07) is 9.02. The number of nitrogens with one attached hydrogen (secondary N) is 1. The molecular weight excluding hydrogens is 302 g/mol. The quantitative estimate of drug-likeness (QED) is 0.906. The molecule has 1 fully saturated rings. The Morgan fingerprint density at radius 2 is 1.95 bits per heavy atom. The van der Waals surface area contributed by atoms with Crippen LogP contribution in [0.15, 0.2) is 41.1 Å². The van der Waals surface area contributed by atoms with Crippen LogP contribution in [0.5, 0.6) is 0 Å². The Balaban J connectivity index is 1.66. The van der Waals surface area contributed by atoms with E-state index >= 15 is 0 Å². The molecule has 100 valence electrons. The van der Waals surface area contributed by atoms with E-state index in [0.29, 0.717) is 6.04 Å². The van der Waals surface area contributed by atoms with Gasteiger partial charge in [0.05, 0.1) is 0 Å². The molecule has 1 saturated carbocycles. The van der Waals surface area contributed by atoms with Gasteiger partial charge in [0.25, 0.3) is 0 Å². The van der Waals surface area contributed by atoms with E-state index in [2.05, 4.69) is 61.3 Å². The number of aromatic nitrogens is 2. The van der Waals surface area contributed by atoms with Crippen molar-refractivity contribution in [1.29, 1.82) is 0 Å². The molecule has 0 bridgehead atoms. The Hall–Kier alpha value is -1.29. The zero-order valence-electron chi connectivity index (χ0n) is 10.8. The molecule has 1 N–H and O–H groups in total. The van der Waals surface area contributed by atoms with Crippen LogP contribution in [0.4, 0.5) is 5.95 Å². The molecule has 0 spiro atoms. The zero-order chi connectivity index (χ0) is 13.1. The number of hydrogen-bond donors (Lipinski definition) is 1. The molecule has 0 radical (unpaired) electrons. The molecule has 1 aliphatic rings. The monoisotopic (exact) mass is 319 g/mol. The average Bonchev–Trinajstić information content (AvgIpc) is 3.08. The number of hydrogen-bond acceptors (Lipinski definition) is 2. The van der Waals surface area contributed by atoms with Crippen molar-refractivity contribution in [2.24, 2.45) is 0 Å². The Labute approximate surface area is 122 Å². The van der Waals surface area contributed by atoms with Crippen molar-refractivity contribution in [2.45, 2.75) is 38.3 Å². The van der Waals surface area contributed by atoms with Crippen molar-refractivity contribution in [3.05, 3.63) is 46.7 Å². The highest BCUT2D eigenvalue weighted by Crippen LogP contribution is 2.31. The van der Waals surface area contributed by atoms with Gasteiger partial charge in [-0.15, -0.1) is 0 Å². The standard InChI is InChI=1S/C15H18BrN3/c16-13-7-5-12(6-8-13)11-18-15-17-9-10-19(15)14-3-1-2-4-14/h5-10,14H,1-4,11H2,(H,17,18). The summed E-state index contributed by atoms with van der Waals surface area (Å²) >= 11 is 3.45. The molecule has 1 aromatic carbocycles. The first kappa shape index (κ1) is 12.7. The highest BCUT2D eigenvalue weighted by Gasteiger charge is 2.18. The van der Waals surface area contributed by atoms with E-state index in [0.717, 1.165) is 17.0 Å². The van der Waals surface area contributed by atoms with E-state index in [4.69, 9.17) is 0 Å². The first-order chi connectivity index (χ1) is 9.33. The lowest BCUT2D eigenvalue weighted by Gasteiger charge is -2.15. The smallest absolute Gasteiger partial charge is 0.203 e. The summed E-state index contributed by atoms with van der Waals surface area (Å²) < 4.78 is 3.41. The highest BCUT2D eigenvalue weighted by molar-refractivity contribution is 9.10. The number of rotatable bonds is 4. The number of halogens is 1. The molecule has 1 aliphatic carbocycles. The third kappa shape index (κ3) is 3.00. The predicted octanol–water partition coefficient (Wildman–Crippen LogP) is 4.37. The van der Waals surface area contributed by atoms with Crippen molar-refractivity contribution in [3.63, 3.8) is 0 Å². The molecule has 0 unspecified atom stereocenters. The first-order valence-electron chi connectivity index (χ1n) is 6.84. The van der Waals surface area contributed by atoms with Crippen molar-refractivity contribution in [1.82, 2.24) is 9.55 Å². The van der Waals surface area contributed by atoms with E-state index in [1.54, 1.807) is 0 Å². The van der Waals surface area contributed by atoms with E-state index in [9.17, 15) is 0 Å². The number of imidazole rings is 1. The van der Waals surface area contributed by atoms with E-state index in [1.165, 1.54) is 31.2 Å². The number of benzene rings is 1. The highest BCUT2D eigenvalue weighted by atomic mass is 79.9. The van der Waals surface area contributed by atoms with Crippen molar-refractivity contribution < 1.29 is 0 Å². The summed E-state index contributed by atoms with van der Waals surface area (Å²) in [4.78, 5) is 4.44. The van der Waals surface area contributed by atoms with E-state index in [1.807, 2.05) is 6.20 Å². The molecule has 0 atom stereocenters. The third-order valence-corrected chi connectivity index (χ3v) is 4.28. The molecule has 1 heterocycles. The second kappa shape index (κ2) is 5.78. The second-order valence-corrected chi connectivity index (χ2v) is 5.99. The van der Waals surface area contributed by atoms with E-state index in [-0.39, 0.29) is 0 Å². The van der Waals surface area contributed by atoms with Gasteiger partial charge in [0.2, 0.25) is 5.95 Å². The number of anilines is 1. The molecule has 2 aromatic rings. The van der Waals surface area contributed by atoms with Crippen molar-refractivity contribution >= 4 is 21.9 Å². The molecule has 4 heteroatoms. The molecule has 19 heavy (non-hydrogen) atoms. The molecule has 3 rings (SSSR count). The SMILES string of the molecule is Brc1ccc(CNc2nccn2C2CCCC2)cc1. The predicted molar refractivity (Wildman–Crippen MR) is 81.2 cm³/mol. The Morgan fingerprint density at radius 1 is 1.21 bits per heavy atom. The van der Waals surface area contributed by atoms with Gasteiger partial charge in [-0.25, -0.2) is 4.98 Å². The fourth-order valence-corrected chi connectivity index (χ4v) is 2.97. The maximum atomic E-state index is 4.44. The van der Waals surface area contributed by atoms with Crippen LogP contribution in [0.3, 0.4) is 0 Å². The molecule has 0 saturated heterocycles. The average molecular weight is 320 g/mol. The summed E-state index contributed by atoms with van der Waals surface area (Å²) in [5.41, 5.74) is 1.27. The van der Waals surface area contributed by atoms with Gasteiger partial charge >= 0.3 is 0 Å². The largest absolute Gasteiger partial charge is 0.352 e. The van der Waals surface area contributed by atoms with Gasteiger partial charge in [-0.2, -0.15) is 0 Å². The normalized spacial score (nSPS) is 15.8. The molecule has 1 aromatic heterocycles. The van der Waals surface area contributed by atoms with E-state index < -0.39 is 0 Å². The van der Waals surface area contributed by atoms with Crippen LogP contribution in [0.1, 0.15) is 37.3 Å². The molecule has 3 nitrogen and oxygen atoms in total. The zero-order valence-corrected chi connectivity index (χ0v) is 12.4. The lowest BCUT2D eigenvalue weighted by Crippen LogP contribution is -2.10. The van der Waals surface area contributed by atoms with Gasteiger partial charge in [-0.05, 0) is 30.5 Å². The summed E-state index contributed by atoms with van der Waals surface area (Å²) in [5.74, 6) is 0.995. The number of nitrogens with zero attached hydrogens (tertiary/aromatic N) is 2. The van der Waals surface area contributed by atoms with Crippen LogP contribution in [-0.4, -0.2) is 9.55 Å². The van der Waals surface area contributed by atoms with Crippen LogP contribution in [0, 0.1) is 0 Å². The lowest BCUT2D eigenvalue weighted by atomic mass is 10.2. The summed E-state index contributed by atoms with van der Waals surface area (Å²) in [6.07, 6.45) is 9.23. The van der Waals surface area contributed by atoms with Crippen LogP contribution in [0.25, 0.3) is 0 Å². The van der Waals surface area contributed by atoms with Gasteiger partial charge in [-0.1, -0.05) is 40.9 Å². The van der Waals surface area contributed by atoms with Gasteiger partial charge < -0.3 is 9.88 Å². The summed E-state index contributed by atoms with van der Waals surface area (Å²) in [6.45, 7) is 0.816. The third-order valence-electron chi connectivity index (χ3n) is 3.75. The fraction of sp³-hybridized carbons (Fsp3) is 0.400. The molecule has 0 aliphatic heterocycles. The van der Waals surface area contributed by atoms with Crippen LogP contribution >= 0.6 is 15.9 Å². The minimum absolute atomic E-state index is 0.634. The van der Waals surface area contributed by atoms with Gasteiger partial charge in [0.1, 0.15) is 0 Å². The van der Waals surface area contributed by atoms with Crippen LogP contribution in [-0.2, 0) is 6.54 Å². The Morgan fingerprint density at radius 3 is 2.68 bits per heavy atom. The van der Waals surface area contributed by atoms with Crippen LogP contribution in [0.2, 0.25) is 0 Å². The van der Waals surface area contributed by atoms with Crippen molar-refractivity contribution in [2.75, 3.05) is 5.32 Å². The Bertz CT molecular complexity index is 527. The van der Waals surface area contributed by atoms with Crippen molar-refractivity contribution in [3.8, 4) is 0 Å². The topological polar surface area (TPSA) is 29.9 Å². The summed E-state index contributed by atoms with van der Waals surface area (Å²) in [5, 5.41) is 3.44. The molecular formula is C15H18BrN3. The fourth-order valence-electron chi connectivity index (χ4n) is 2.71. The van der Waals surface area contributed by atoms with Gasteiger partial charge in [0.15, 0.2) is 0 Å². The van der Waals surface area contributed by atoms with Crippen LogP contribution < -0.4 is 5.32 Å². The summed E-state index contributed by atoms with van der Waals surface area (Å²) in [7, 11) is 0. The maximum absolute atomic E-state index is 4.44. The second-order valence-electron chi connectivity index (χ2n) is 5.08. The lowest BCUT2D eigenvalue weighted by molar-refractivity contribution is 0.523.